The van der Waals surface area contributed by atoms with E-state index in [4.69, 9.17) is 0 Å². The highest BCUT2D eigenvalue weighted by molar-refractivity contribution is 7.92. The molecule has 1 saturated heterocycles. The third kappa shape index (κ3) is 4.94. The van der Waals surface area contributed by atoms with Gasteiger partial charge in [0.2, 0.25) is 10.0 Å². The fourth-order valence-corrected chi connectivity index (χ4v) is 4.44. The molecule has 0 unspecified atom stereocenters. The van der Waals surface area contributed by atoms with Gasteiger partial charge in [0.1, 0.15) is 5.75 Å². The predicted molar refractivity (Wildman–Crippen MR) is 97.9 cm³/mol. The van der Waals surface area contributed by atoms with E-state index in [9.17, 15) is 26.4 Å². The Morgan fingerprint density at radius 3 is 2.21 bits per heavy atom. The molecule has 0 bridgehead atoms. The molecule has 1 N–H and O–H groups in total. The monoisotopic (exact) mass is 414 g/mol. The molecule has 1 amide bonds. The van der Waals surface area contributed by atoms with Crippen LogP contribution in [0.4, 0.5) is 24.5 Å². The van der Waals surface area contributed by atoms with Gasteiger partial charge in [-0.3, -0.25) is 9.10 Å². The van der Waals surface area contributed by atoms with Gasteiger partial charge in [0.15, 0.2) is 0 Å². The van der Waals surface area contributed by atoms with Crippen molar-refractivity contribution in [3.8, 4) is 5.75 Å². The maximum atomic E-state index is 12.3. The molecule has 2 aromatic carbocycles. The van der Waals surface area contributed by atoms with Crippen LogP contribution >= 0.6 is 0 Å². The fraction of sp³-hybridized carbons (Fsp3) is 0.278. The Morgan fingerprint density at radius 1 is 1.00 bits per heavy atom. The zero-order valence-electron chi connectivity index (χ0n) is 14.6. The Morgan fingerprint density at radius 2 is 1.64 bits per heavy atom. The van der Waals surface area contributed by atoms with E-state index in [1.54, 1.807) is 12.1 Å². The Balaban J connectivity index is 1.66. The number of hydrogen-bond donors (Lipinski definition) is 1. The maximum absolute atomic E-state index is 12.3. The van der Waals surface area contributed by atoms with Gasteiger partial charge >= 0.3 is 6.36 Å². The highest BCUT2D eigenvalue weighted by Gasteiger charge is 2.31. The van der Waals surface area contributed by atoms with Crippen LogP contribution in [0.2, 0.25) is 0 Å². The maximum Gasteiger partial charge on any atom is 0.573 e. The molecule has 6 nitrogen and oxygen atoms in total. The molecule has 0 saturated carbocycles. The van der Waals surface area contributed by atoms with E-state index in [1.165, 1.54) is 28.6 Å². The first kappa shape index (κ1) is 20.0. The van der Waals surface area contributed by atoms with Gasteiger partial charge in [-0.2, -0.15) is 0 Å². The summed E-state index contributed by atoms with van der Waals surface area (Å²) in [5, 5.41) is 2.56. The summed E-state index contributed by atoms with van der Waals surface area (Å²) < 4.78 is 65.8. The summed E-state index contributed by atoms with van der Waals surface area (Å²) in [4.78, 5) is 12.3. The Hall–Kier alpha value is -2.75. The second-order valence-electron chi connectivity index (χ2n) is 6.17. The SMILES string of the molecule is O=C(Nc1ccc(OC(F)(F)F)cc1)c1ccc(N2CCCCS2(=O)=O)cc1. The predicted octanol–water partition coefficient (Wildman–Crippen LogP) is 3.77. The number of sulfonamides is 1. The van der Waals surface area contributed by atoms with Crippen LogP contribution in [0.3, 0.4) is 0 Å². The minimum atomic E-state index is -4.78. The van der Waals surface area contributed by atoms with Crippen molar-refractivity contribution in [3.05, 3.63) is 54.1 Å². The average Bonchev–Trinajstić information content (AvgIpc) is 2.62. The summed E-state index contributed by atoms with van der Waals surface area (Å²) in [6.45, 7) is 0.403. The summed E-state index contributed by atoms with van der Waals surface area (Å²) in [5.41, 5.74) is 1.07. The Bertz CT molecular complexity index is 942. The number of benzene rings is 2. The number of nitrogens with zero attached hydrogens (tertiary/aromatic N) is 1. The van der Waals surface area contributed by atoms with Gasteiger partial charge in [0, 0.05) is 17.8 Å². The average molecular weight is 414 g/mol. The van der Waals surface area contributed by atoms with Gasteiger partial charge in [-0.05, 0) is 61.4 Å². The van der Waals surface area contributed by atoms with Crippen molar-refractivity contribution in [3.63, 3.8) is 0 Å². The van der Waals surface area contributed by atoms with E-state index in [1.807, 2.05) is 0 Å². The lowest BCUT2D eigenvalue weighted by Gasteiger charge is -2.28. The number of carbonyl (C=O) groups excluding carboxylic acids is 1. The van der Waals surface area contributed by atoms with Gasteiger partial charge in [-0.25, -0.2) is 8.42 Å². The molecule has 0 aromatic heterocycles. The van der Waals surface area contributed by atoms with Crippen molar-refractivity contribution < 1.29 is 31.1 Å². The number of alkyl halides is 3. The number of halogens is 3. The molecule has 1 aliphatic heterocycles. The summed E-state index contributed by atoms with van der Waals surface area (Å²) in [6.07, 6.45) is -3.38. The highest BCUT2D eigenvalue weighted by Crippen LogP contribution is 2.25. The third-order valence-corrected chi connectivity index (χ3v) is 5.98. The van der Waals surface area contributed by atoms with Gasteiger partial charge in [0.05, 0.1) is 11.4 Å². The molecule has 10 heteroatoms. The van der Waals surface area contributed by atoms with Gasteiger partial charge in [-0.1, -0.05) is 0 Å². The first-order chi connectivity index (χ1) is 13.1. The van der Waals surface area contributed by atoms with Crippen LogP contribution in [0.25, 0.3) is 0 Å². The Kier molecular flexibility index (Phi) is 5.50. The zero-order valence-corrected chi connectivity index (χ0v) is 15.4. The molecule has 1 aliphatic rings. The van der Waals surface area contributed by atoms with Crippen LogP contribution in [0.1, 0.15) is 23.2 Å². The molecule has 1 heterocycles. The van der Waals surface area contributed by atoms with Gasteiger partial charge in [0.25, 0.3) is 5.91 Å². The van der Waals surface area contributed by atoms with Crippen molar-refractivity contribution in [2.24, 2.45) is 0 Å². The van der Waals surface area contributed by atoms with Gasteiger partial charge in [-0.15, -0.1) is 13.2 Å². The smallest absolute Gasteiger partial charge is 0.406 e. The molecule has 0 atom stereocenters. The minimum absolute atomic E-state index is 0.100. The number of nitrogens with one attached hydrogen (secondary N) is 1. The van der Waals surface area contributed by atoms with Crippen molar-refractivity contribution in [2.45, 2.75) is 19.2 Å². The van der Waals surface area contributed by atoms with Crippen molar-refractivity contribution in [1.82, 2.24) is 0 Å². The summed E-state index contributed by atoms with van der Waals surface area (Å²) >= 11 is 0. The normalized spacial score (nSPS) is 16.5. The summed E-state index contributed by atoms with van der Waals surface area (Å²) in [7, 11) is -3.33. The zero-order chi connectivity index (χ0) is 20.4. The fourth-order valence-electron chi connectivity index (χ4n) is 2.80. The lowest BCUT2D eigenvalue weighted by atomic mass is 10.2. The van der Waals surface area contributed by atoms with E-state index in [0.29, 0.717) is 24.3 Å². The van der Waals surface area contributed by atoms with E-state index in [-0.39, 0.29) is 11.3 Å². The number of rotatable bonds is 4. The topological polar surface area (TPSA) is 75.7 Å². The van der Waals surface area contributed by atoms with Crippen LogP contribution in [0.5, 0.6) is 5.75 Å². The summed E-state index contributed by atoms with van der Waals surface area (Å²) in [6, 6.07) is 10.9. The van der Waals surface area contributed by atoms with Crippen LogP contribution in [0, 0.1) is 0 Å². The van der Waals surface area contributed by atoms with Crippen LogP contribution < -0.4 is 14.4 Å². The molecule has 2 aromatic rings. The first-order valence-corrected chi connectivity index (χ1v) is 10.0. The lowest BCUT2D eigenvalue weighted by molar-refractivity contribution is -0.274. The highest BCUT2D eigenvalue weighted by atomic mass is 32.2. The quantitative estimate of drug-likeness (QED) is 0.827. The molecule has 0 aliphatic carbocycles. The van der Waals surface area contributed by atoms with Gasteiger partial charge < -0.3 is 10.1 Å². The number of hydrogen-bond acceptors (Lipinski definition) is 4. The molecule has 1 fully saturated rings. The number of carbonyl (C=O) groups is 1. The standard InChI is InChI=1S/C18H17F3N2O4S/c19-18(20,21)27-16-9-5-14(6-10-16)22-17(24)13-3-7-15(8-4-13)23-11-1-2-12-28(23,25)26/h3-10H,1-2,11-12H2,(H,22,24). The molecular formula is C18H17F3N2O4S. The van der Waals surface area contributed by atoms with E-state index in [0.717, 1.165) is 18.6 Å². The summed E-state index contributed by atoms with van der Waals surface area (Å²) in [5.74, 6) is -0.765. The van der Waals surface area contributed by atoms with Crippen molar-refractivity contribution in [2.75, 3.05) is 21.9 Å². The van der Waals surface area contributed by atoms with Crippen LogP contribution in [-0.2, 0) is 10.0 Å². The number of amides is 1. The largest absolute Gasteiger partial charge is 0.573 e. The van der Waals surface area contributed by atoms with Crippen LogP contribution in [-0.4, -0.2) is 33.0 Å². The number of ether oxygens (including phenoxy) is 1. The van der Waals surface area contributed by atoms with E-state index >= 15 is 0 Å². The molecule has 0 radical (unpaired) electrons. The molecule has 150 valence electrons. The second kappa shape index (κ2) is 7.70. The van der Waals surface area contributed by atoms with Crippen molar-refractivity contribution >= 4 is 27.3 Å². The molecule has 28 heavy (non-hydrogen) atoms. The number of anilines is 2. The lowest BCUT2D eigenvalue weighted by Crippen LogP contribution is -2.37. The molecule has 0 spiro atoms. The van der Waals surface area contributed by atoms with Crippen LogP contribution in [0.15, 0.2) is 48.5 Å². The second-order valence-corrected chi connectivity index (χ2v) is 8.18. The third-order valence-electron chi connectivity index (χ3n) is 4.11. The minimum Gasteiger partial charge on any atom is -0.406 e. The molecule has 3 rings (SSSR count). The van der Waals surface area contributed by atoms with E-state index in [2.05, 4.69) is 10.1 Å². The van der Waals surface area contributed by atoms with Crippen molar-refractivity contribution in [1.29, 1.82) is 0 Å². The molecular weight excluding hydrogens is 397 g/mol. The Labute approximate surface area is 160 Å². The first-order valence-electron chi connectivity index (χ1n) is 8.42. The van der Waals surface area contributed by atoms with E-state index < -0.39 is 28.0 Å².